The smallest absolute Gasteiger partial charge is 0.135 e. The van der Waals surface area contributed by atoms with Gasteiger partial charge in [-0.15, -0.1) is 0 Å². The van der Waals surface area contributed by atoms with Crippen LogP contribution in [0.2, 0.25) is 0 Å². The van der Waals surface area contributed by atoms with Gasteiger partial charge in [0.05, 0.1) is 6.61 Å². The van der Waals surface area contributed by atoms with Crippen LogP contribution in [0.1, 0.15) is 81.1 Å². The van der Waals surface area contributed by atoms with Crippen LogP contribution in [0.4, 0.5) is 0 Å². The molecule has 1 fully saturated rings. The van der Waals surface area contributed by atoms with Crippen molar-refractivity contribution in [3.63, 3.8) is 0 Å². The largest absolute Gasteiger partial charge is 0.379 e. The van der Waals surface area contributed by atoms with Gasteiger partial charge in [0.25, 0.3) is 0 Å². The Bertz CT molecular complexity index is 457. The normalized spacial score (nSPS) is 26.7. The molecule has 5 atom stereocenters. The van der Waals surface area contributed by atoms with Crippen LogP contribution in [-0.2, 0) is 23.7 Å². The van der Waals surface area contributed by atoms with Crippen LogP contribution in [-0.4, -0.2) is 63.7 Å². The van der Waals surface area contributed by atoms with Gasteiger partial charge in [0, 0.05) is 26.4 Å². The van der Waals surface area contributed by atoms with E-state index in [2.05, 4.69) is 55.4 Å². The van der Waals surface area contributed by atoms with Crippen molar-refractivity contribution in [2.75, 3.05) is 33.0 Å². The molecule has 1 aliphatic rings. The summed E-state index contributed by atoms with van der Waals surface area (Å²) in [4.78, 5) is 0. The Morgan fingerprint density at radius 3 is 1.47 bits per heavy atom. The Balaban J connectivity index is 2.92. The highest BCUT2D eigenvalue weighted by atomic mass is 16.6. The van der Waals surface area contributed by atoms with Crippen molar-refractivity contribution < 1.29 is 23.7 Å². The van der Waals surface area contributed by atoms with Crippen molar-refractivity contribution in [2.24, 2.45) is 29.4 Å². The number of hydrogen-bond donors (Lipinski definition) is 1. The molecule has 1 saturated heterocycles. The molecule has 1 rings (SSSR count). The van der Waals surface area contributed by atoms with Crippen molar-refractivity contribution in [3.05, 3.63) is 0 Å². The molecule has 0 spiro atoms. The average Bonchev–Trinajstić information content (AvgIpc) is 2.68. The molecular formula is C26H53NO5. The molecule has 0 aromatic carbocycles. The van der Waals surface area contributed by atoms with Crippen molar-refractivity contribution in [1.82, 2.24) is 0 Å². The van der Waals surface area contributed by atoms with Crippen LogP contribution in [0.15, 0.2) is 0 Å². The first kappa shape index (κ1) is 29.8. The van der Waals surface area contributed by atoms with Crippen molar-refractivity contribution in [3.8, 4) is 0 Å². The van der Waals surface area contributed by atoms with E-state index in [1.54, 1.807) is 0 Å². The Labute approximate surface area is 198 Å². The van der Waals surface area contributed by atoms with Gasteiger partial charge in [-0.1, -0.05) is 55.4 Å². The standard InChI is InChI=1S/C26H53NO5/c1-18(2)9-13-28-17-22-23(29-14-10-19(3)4)24(30-15-11-20(5)6)25(26(27)32-22)31-16-12-21(7)8/h18-26H,9-17,27H2,1-8H3/t22-,23-,24+,25-,26-/m1/s1. The lowest BCUT2D eigenvalue weighted by Crippen LogP contribution is -2.64. The summed E-state index contributed by atoms with van der Waals surface area (Å²) in [6, 6.07) is 0. The maximum Gasteiger partial charge on any atom is 0.135 e. The molecule has 0 aliphatic carbocycles. The van der Waals surface area contributed by atoms with E-state index in [-0.39, 0.29) is 24.4 Å². The summed E-state index contributed by atoms with van der Waals surface area (Å²) in [6.45, 7) is 20.7. The Morgan fingerprint density at radius 1 is 0.594 bits per heavy atom. The zero-order valence-electron chi connectivity index (χ0n) is 22.2. The first-order valence-corrected chi connectivity index (χ1v) is 12.9. The molecule has 0 unspecified atom stereocenters. The van der Waals surface area contributed by atoms with Crippen molar-refractivity contribution in [2.45, 2.75) is 112 Å². The summed E-state index contributed by atoms with van der Waals surface area (Å²) < 4.78 is 31.2. The lowest BCUT2D eigenvalue weighted by molar-refractivity contribution is -0.265. The van der Waals surface area contributed by atoms with E-state index < -0.39 is 6.23 Å². The van der Waals surface area contributed by atoms with Gasteiger partial charge in [0.1, 0.15) is 30.6 Å². The summed E-state index contributed by atoms with van der Waals surface area (Å²) in [5, 5.41) is 0. The van der Waals surface area contributed by atoms with Gasteiger partial charge in [-0.25, -0.2) is 0 Å². The monoisotopic (exact) mass is 459 g/mol. The molecule has 6 heteroatoms. The summed E-state index contributed by atoms with van der Waals surface area (Å²) >= 11 is 0. The third kappa shape index (κ3) is 12.3. The zero-order valence-corrected chi connectivity index (χ0v) is 22.2. The molecule has 0 radical (unpaired) electrons. The highest BCUT2D eigenvalue weighted by Gasteiger charge is 2.47. The van der Waals surface area contributed by atoms with E-state index in [0.29, 0.717) is 56.7 Å². The molecule has 192 valence electrons. The maximum atomic E-state index is 6.46. The van der Waals surface area contributed by atoms with E-state index in [0.717, 1.165) is 25.7 Å². The molecule has 0 saturated carbocycles. The van der Waals surface area contributed by atoms with E-state index in [9.17, 15) is 0 Å². The summed E-state index contributed by atoms with van der Waals surface area (Å²) in [7, 11) is 0. The minimum absolute atomic E-state index is 0.260. The zero-order chi connectivity index (χ0) is 24.1. The molecule has 0 aromatic rings. The van der Waals surface area contributed by atoms with E-state index >= 15 is 0 Å². The maximum absolute atomic E-state index is 6.46. The molecule has 1 heterocycles. The van der Waals surface area contributed by atoms with Gasteiger partial charge in [0.15, 0.2) is 0 Å². The Morgan fingerprint density at radius 2 is 1.00 bits per heavy atom. The van der Waals surface area contributed by atoms with Crippen LogP contribution >= 0.6 is 0 Å². The molecular weight excluding hydrogens is 406 g/mol. The molecule has 32 heavy (non-hydrogen) atoms. The number of ether oxygens (including phenoxy) is 5. The second-order valence-corrected chi connectivity index (χ2v) is 11.0. The third-order valence-electron chi connectivity index (χ3n) is 5.81. The molecule has 2 N–H and O–H groups in total. The fourth-order valence-electron chi connectivity index (χ4n) is 3.50. The van der Waals surface area contributed by atoms with E-state index in [4.69, 9.17) is 29.4 Å². The first-order chi connectivity index (χ1) is 15.1. The lowest BCUT2D eigenvalue weighted by atomic mass is 9.97. The second-order valence-electron chi connectivity index (χ2n) is 11.0. The van der Waals surface area contributed by atoms with Crippen LogP contribution < -0.4 is 5.73 Å². The van der Waals surface area contributed by atoms with Crippen LogP contribution in [0, 0.1) is 23.7 Å². The van der Waals surface area contributed by atoms with Gasteiger partial charge < -0.3 is 29.4 Å². The number of nitrogens with two attached hydrogens (primary N) is 1. The minimum Gasteiger partial charge on any atom is -0.379 e. The van der Waals surface area contributed by atoms with Crippen LogP contribution in [0.3, 0.4) is 0 Å². The minimum atomic E-state index is -0.560. The summed E-state index contributed by atoms with van der Waals surface area (Å²) in [5.74, 6) is 2.31. The third-order valence-corrected chi connectivity index (χ3v) is 5.81. The van der Waals surface area contributed by atoms with Gasteiger partial charge in [0.2, 0.25) is 0 Å². The summed E-state index contributed by atoms with van der Waals surface area (Å²) in [6.07, 6.45) is 2.26. The molecule has 0 aromatic heterocycles. The van der Waals surface area contributed by atoms with Crippen molar-refractivity contribution >= 4 is 0 Å². The topological polar surface area (TPSA) is 72.2 Å². The highest BCUT2D eigenvalue weighted by Crippen LogP contribution is 2.28. The fraction of sp³-hybridized carbons (Fsp3) is 1.00. The first-order valence-electron chi connectivity index (χ1n) is 12.9. The predicted octanol–water partition coefficient (Wildman–Crippen LogP) is 5.03. The molecule has 0 bridgehead atoms. The quantitative estimate of drug-likeness (QED) is 0.308. The molecule has 1 aliphatic heterocycles. The molecule has 0 amide bonds. The lowest BCUT2D eigenvalue weighted by Gasteiger charge is -2.45. The van der Waals surface area contributed by atoms with E-state index in [1.807, 2.05) is 0 Å². The Kier molecular flexibility index (Phi) is 15.3. The predicted molar refractivity (Wildman–Crippen MR) is 131 cm³/mol. The average molecular weight is 460 g/mol. The van der Waals surface area contributed by atoms with Gasteiger partial charge in [-0.2, -0.15) is 0 Å². The van der Waals surface area contributed by atoms with Gasteiger partial charge in [-0.05, 0) is 49.4 Å². The summed E-state index contributed by atoms with van der Waals surface area (Å²) in [5.41, 5.74) is 6.46. The SMILES string of the molecule is CC(C)CCOC[C@H]1O[C@@H](N)[C@H](OCCC(C)C)[C@@H](OCCC(C)C)[C@@H]1OCCC(C)C. The fourth-order valence-corrected chi connectivity index (χ4v) is 3.50. The Hall–Kier alpha value is -0.240. The highest BCUT2D eigenvalue weighted by molar-refractivity contribution is 4.94. The number of hydrogen-bond acceptors (Lipinski definition) is 6. The van der Waals surface area contributed by atoms with Gasteiger partial charge in [-0.3, -0.25) is 0 Å². The van der Waals surface area contributed by atoms with Crippen molar-refractivity contribution in [1.29, 1.82) is 0 Å². The van der Waals surface area contributed by atoms with Gasteiger partial charge >= 0.3 is 0 Å². The van der Waals surface area contributed by atoms with Crippen LogP contribution in [0.25, 0.3) is 0 Å². The number of rotatable bonds is 17. The van der Waals surface area contributed by atoms with Crippen LogP contribution in [0.5, 0.6) is 0 Å². The second kappa shape index (κ2) is 16.4. The molecule has 6 nitrogen and oxygen atoms in total. The van der Waals surface area contributed by atoms with E-state index in [1.165, 1.54) is 0 Å².